The first-order valence-electron chi connectivity index (χ1n) is 5.95. The van der Waals surface area contributed by atoms with E-state index in [1.165, 1.54) is 0 Å². The molecule has 3 heterocycles. The Bertz CT molecular complexity index is 665. The van der Waals surface area contributed by atoms with Crippen LogP contribution in [0.25, 0.3) is 11.4 Å². The zero-order valence-corrected chi connectivity index (χ0v) is 13.3. The van der Waals surface area contributed by atoms with Gasteiger partial charge in [-0.1, -0.05) is 11.6 Å². The highest BCUT2D eigenvalue weighted by Crippen LogP contribution is 2.42. The number of nitrogens with zero attached hydrogens (tertiary/aromatic N) is 2. The first-order valence-corrected chi connectivity index (χ1v) is 8.27. The predicted octanol–water partition coefficient (Wildman–Crippen LogP) is 4.04. The maximum Gasteiger partial charge on any atom is 0.231 e. The van der Waals surface area contributed by atoms with E-state index in [4.69, 9.17) is 21.1 Å². The number of hydrogen-bond acceptors (Lipinski definition) is 5. The number of aromatic nitrogens is 2. The highest BCUT2D eigenvalue weighted by Gasteiger charge is 2.22. The van der Waals surface area contributed by atoms with Gasteiger partial charge in [-0.05, 0) is 28.1 Å². The van der Waals surface area contributed by atoms with Gasteiger partial charge in [0.2, 0.25) is 6.79 Å². The van der Waals surface area contributed by atoms with E-state index >= 15 is 0 Å². The summed E-state index contributed by atoms with van der Waals surface area (Å²) in [5.74, 6) is 3.81. The monoisotopic (exact) mass is 370 g/mol. The van der Waals surface area contributed by atoms with E-state index in [1.807, 2.05) is 12.1 Å². The lowest BCUT2D eigenvalue weighted by molar-refractivity contribution is 0.173. The molecule has 1 aromatic carbocycles. The zero-order valence-electron chi connectivity index (χ0n) is 10.2. The molecule has 4 rings (SSSR count). The molecule has 20 heavy (non-hydrogen) atoms. The van der Waals surface area contributed by atoms with Crippen LogP contribution in [0.15, 0.2) is 16.6 Å². The van der Waals surface area contributed by atoms with Gasteiger partial charge in [-0.25, -0.2) is 9.97 Å². The Balaban J connectivity index is 1.86. The molecule has 0 fully saturated rings. The number of benzene rings is 1. The van der Waals surface area contributed by atoms with Gasteiger partial charge in [0.05, 0.1) is 10.2 Å². The van der Waals surface area contributed by atoms with E-state index in [2.05, 4.69) is 25.9 Å². The SMILES string of the molecule is Clc1nc(-c2cc(Br)c3c(c2)OCO3)nc2c1CSC2. The van der Waals surface area contributed by atoms with E-state index in [1.54, 1.807) is 11.8 Å². The topological polar surface area (TPSA) is 44.2 Å². The Morgan fingerprint density at radius 3 is 3.00 bits per heavy atom. The number of fused-ring (bicyclic) bond motifs is 2. The molecular formula is C13H8BrClN2O2S. The Kier molecular flexibility index (Phi) is 3.05. The van der Waals surface area contributed by atoms with Crippen molar-refractivity contribution in [2.75, 3.05) is 6.79 Å². The van der Waals surface area contributed by atoms with Gasteiger partial charge in [-0.3, -0.25) is 0 Å². The largest absolute Gasteiger partial charge is 0.454 e. The van der Waals surface area contributed by atoms with E-state index < -0.39 is 0 Å². The van der Waals surface area contributed by atoms with Gasteiger partial charge in [0, 0.05) is 22.6 Å². The van der Waals surface area contributed by atoms with Crippen LogP contribution in [-0.4, -0.2) is 16.8 Å². The lowest BCUT2D eigenvalue weighted by atomic mass is 10.1. The third-order valence-electron chi connectivity index (χ3n) is 3.21. The molecule has 0 spiro atoms. The van der Waals surface area contributed by atoms with Crippen LogP contribution in [0, 0.1) is 0 Å². The minimum atomic E-state index is 0.236. The molecule has 0 N–H and O–H groups in total. The number of halogens is 2. The van der Waals surface area contributed by atoms with Crippen molar-refractivity contribution in [3.63, 3.8) is 0 Å². The molecule has 0 atom stereocenters. The standard InChI is InChI=1S/C13H8BrClN2O2S/c14-8-1-6(2-10-11(8)19-5-18-10)13-16-9-4-20-3-7(9)12(15)17-13/h1-2H,3-5H2. The van der Waals surface area contributed by atoms with Crippen LogP contribution in [0.3, 0.4) is 0 Å². The molecule has 7 heteroatoms. The van der Waals surface area contributed by atoms with Crippen LogP contribution in [-0.2, 0) is 11.5 Å². The fourth-order valence-electron chi connectivity index (χ4n) is 2.24. The average Bonchev–Trinajstić information content (AvgIpc) is 3.06. The van der Waals surface area contributed by atoms with Crippen molar-refractivity contribution in [1.82, 2.24) is 9.97 Å². The van der Waals surface area contributed by atoms with Gasteiger partial charge in [0.15, 0.2) is 17.3 Å². The molecule has 0 amide bonds. The summed E-state index contributed by atoms with van der Waals surface area (Å²) in [6, 6.07) is 3.81. The third-order valence-corrected chi connectivity index (χ3v) is 5.08. The maximum absolute atomic E-state index is 6.25. The van der Waals surface area contributed by atoms with Crippen molar-refractivity contribution in [3.05, 3.63) is 33.0 Å². The normalized spacial score (nSPS) is 15.5. The maximum atomic E-state index is 6.25. The summed E-state index contributed by atoms with van der Waals surface area (Å²) in [4.78, 5) is 9.02. The van der Waals surface area contributed by atoms with Crippen LogP contribution in [0.1, 0.15) is 11.3 Å². The van der Waals surface area contributed by atoms with Crippen LogP contribution >= 0.6 is 39.3 Å². The van der Waals surface area contributed by atoms with E-state index in [0.29, 0.717) is 16.7 Å². The molecule has 0 bridgehead atoms. The summed E-state index contributed by atoms with van der Waals surface area (Å²) in [7, 11) is 0. The van der Waals surface area contributed by atoms with Gasteiger partial charge in [-0.2, -0.15) is 11.8 Å². The molecule has 0 saturated heterocycles. The highest BCUT2D eigenvalue weighted by molar-refractivity contribution is 9.10. The molecule has 0 unspecified atom stereocenters. The van der Waals surface area contributed by atoms with E-state index in [9.17, 15) is 0 Å². The molecule has 2 aliphatic rings. The van der Waals surface area contributed by atoms with Crippen molar-refractivity contribution in [3.8, 4) is 22.9 Å². The summed E-state index contributed by atoms with van der Waals surface area (Å²) < 4.78 is 11.6. The van der Waals surface area contributed by atoms with Gasteiger partial charge >= 0.3 is 0 Å². The average molecular weight is 372 g/mol. The van der Waals surface area contributed by atoms with Crippen molar-refractivity contribution >= 4 is 39.3 Å². The van der Waals surface area contributed by atoms with Crippen LogP contribution in [0.4, 0.5) is 0 Å². The summed E-state index contributed by atoms with van der Waals surface area (Å²) in [5.41, 5.74) is 2.95. The fourth-order valence-corrected chi connectivity index (χ4v) is 4.17. The Morgan fingerprint density at radius 1 is 1.20 bits per heavy atom. The molecule has 0 aliphatic carbocycles. The summed E-state index contributed by atoms with van der Waals surface area (Å²) in [6.45, 7) is 0.236. The summed E-state index contributed by atoms with van der Waals surface area (Å²) in [5, 5.41) is 0.545. The molecule has 102 valence electrons. The second-order valence-corrected chi connectivity index (χ2v) is 6.65. The summed E-state index contributed by atoms with van der Waals surface area (Å²) >= 11 is 11.5. The predicted molar refractivity (Wildman–Crippen MR) is 81.3 cm³/mol. The zero-order chi connectivity index (χ0) is 13.7. The van der Waals surface area contributed by atoms with Crippen molar-refractivity contribution in [2.45, 2.75) is 11.5 Å². The second kappa shape index (κ2) is 4.79. The van der Waals surface area contributed by atoms with Gasteiger partial charge < -0.3 is 9.47 Å². The second-order valence-electron chi connectivity index (χ2n) is 4.45. The van der Waals surface area contributed by atoms with Crippen LogP contribution in [0.5, 0.6) is 11.5 Å². The van der Waals surface area contributed by atoms with Crippen LogP contribution < -0.4 is 9.47 Å². The minimum absolute atomic E-state index is 0.236. The lowest BCUT2D eigenvalue weighted by Crippen LogP contribution is -1.97. The van der Waals surface area contributed by atoms with Gasteiger partial charge in [0.1, 0.15) is 5.15 Å². The Labute approximate surface area is 133 Å². The van der Waals surface area contributed by atoms with E-state index in [-0.39, 0.29) is 6.79 Å². The molecular weight excluding hydrogens is 364 g/mol. The first kappa shape index (κ1) is 12.7. The molecule has 0 radical (unpaired) electrons. The number of hydrogen-bond donors (Lipinski definition) is 0. The molecule has 1 aromatic heterocycles. The van der Waals surface area contributed by atoms with Crippen molar-refractivity contribution in [2.24, 2.45) is 0 Å². The fraction of sp³-hybridized carbons (Fsp3) is 0.231. The number of ether oxygens (including phenoxy) is 2. The van der Waals surface area contributed by atoms with Crippen LogP contribution in [0.2, 0.25) is 5.15 Å². The summed E-state index contributed by atoms with van der Waals surface area (Å²) in [6.07, 6.45) is 0. The number of rotatable bonds is 1. The number of thioether (sulfide) groups is 1. The van der Waals surface area contributed by atoms with Gasteiger partial charge in [0.25, 0.3) is 0 Å². The third kappa shape index (κ3) is 1.98. The quantitative estimate of drug-likeness (QED) is 0.708. The van der Waals surface area contributed by atoms with Crippen molar-refractivity contribution < 1.29 is 9.47 Å². The van der Waals surface area contributed by atoms with Crippen molar-refractivity contribution in [1.29, 1.82) is 0 Å². The molecule has 4 nitrogen and oxygen atoms in total. The smallest absolute Gasteiger partial charge is 0.231 e. The van der Waals surface area contributed by atoms with Gasteiger partial charge in [-0.15, -0.1) is 0 Å². The minimum Gasteiger partial charge on any atom is -0.454 e. The van der Waals surface area contributed by atoms with E-state index in [0.717, 1.165) is 38.5 Å². The molecule has 2 aromatic rings. The first-order chi connectivity index (χ1) is 9.72. The lowest BCUT2D eigenvalue weighted by Gasteiger charge is -2.07. The molecule has 2 aliphatic heterocycles. The molecule has 0 saturated carbocycles. The Morgan fingerprint density at radius 2 is 2.10 bits per heavy atom. The Hall–Kier alpha value is -0.980. The highest BCUT2D eigenvalue weighted by atomic mass is 79.9.